The van der Waals surface area contributed by atoms with Crippen molar-refractivity contribution >= 4 is 23.3 Å². The second-order valence-electron chi connectivity index (χ2n) is 4.04. The molecular formula is C14H10ClF2NO2. The van der Waals surface area contributed by atoms with Gasteiger partial charge in [0, 0.05) is 11.3 Å². The first-order valence-corrected chi connectivity index (χ1v) is 6.01. The number of nitrogens with two attached hydrogens (primary N) is 1. The average molecular weight is 298 g/mol. The number of nitrogen functional groups attached to an aromatic ring is 1. The fourth-order valence-corrected chi connectivity index (χ4v) is 1.80. The maximum absolute atomic E-state index is 12.9. The molecule has 0 saturated heterocycles. The van der Waals surface area contributed by atoms with Crippen molar-refractivity contribution in [1.29, 1.82) is 0 Å². The molecule has 0 spiro atoms. The van der Waals surface area contributed by atoms with Gasteiger partial charge in [-0.25, -0.2) is 13.6 Å². The molecule has 0 bridgehead atoms. The lowest BCUT2D eigenvalue weighted by molar-refractivity contribution is 0.0474. The van der Waals surface area contributed by atoms with Gasteiger partial charge in [0.1, 0.15) is 18.2 Å². The lowest BCUT2D eigenvalue weighted by Gasteiger charge is -2.08. The Balaban J connectivity index is 2.08. The lowest BCUT2D eigenvalue weighted by Crippen LogP contribution is -2.08. The number of benzene rings is 2. The summed E-state index contributed by atoms with van der Waals surface area (Å²) >= 11 is 5.81. The Morgan fingerprint density at radius 2 is 1.80 bits per heavy atom. The Bertz CT molecular complexity index is 662. The summed E-state index contributed by atoms with van der Waals surface area (Å²) in [5.74, 6) is -1.73. The maximum atomic E-state index is 12.9. The van der Waals surface area contributed by atoms with Crippen molar-refractivity contribution < 1.29 is 18.3 Å². The highest BCUT2D eigenvalue weighted by molar-refractivity contribution is 6.31. The van der Waals surface area contributed by atoms with Crippen molar-refractivity contribution in [3.05, 3.63) is 64.2 Å². The minimum Gasteiger partial charge on any atom is -0.457 e. The molecule has 0 heterocycles. The molecule has 0 aliphatic heterocycles. The summed E-state index contributed by atoms with van der Waals surface area (Å²) in [6.07, 6.45) is 0. The van der Waals surface area contributed by atoms with Crippen LogP contribution in [0.4, 0.5) is 14.5 Å². The number of carbonyl (C=O) groups excluding carboxylic acids is 1. The van der Waals surface area contributed by atoms with E-state index >= 15 is 0 Å². The molecule has 3 nitrogen and oxygen atoms in total. The van der Waals surface area contributed by atoms with Gasteiger partial charge in [-0.05, 0) is 30.3 Å². The minimum absolute atomic E-state index is 0.0137. The van der Waals surface area contributed by atoms with Crippen molar-refractivity contribution in [1.82, 2.24) is 0 Å². The van der Waals surface area contributed by atoms with E-state index in [0.29, 0.717) is 5.56 Å². The van der Waals surface area contributed by atoms with Crippen LogP contribution in [0.1, 0.15) is 15.9 Å². The standard InChI is InChI=1S/C14H10ClF2NO2/c15-12-5-9(16)2-1-8(12)7-20-14(19)11-4-3-10(17)6-13(11)18/h1-6H,7,18H2. The van der Waals surface area contributed by atoms with E-state index < -0.39 is 17.6 Å². The molecule has 104 valence electrons. The summed E-state index contributed by atoms with van der Waals surface area (Å²) in [6, 6.07) is 7.12. The Kier molecular flexibility index (Phi) is 4.20. The van der Waals surface area contributed by atoms with Crippen molar-refractivity contribution in [2.75, 3.05) is 5.73 Å². The van der Waals surface area contributed by atoms with Gasteiger partial charge in [0.2, 0.25) is 0 Å². The second-order valence-corrected chi connectivity index (χ2v) is 4.45. The third-order valence-electron chi connectivity index (χ3n) is 2.61. The van der Waals surface area contributed by atoms with Gasteiger partial charge in [-0.1, -0.05) is 17.7 Å². The zero-order valence-electron chi connectivity index (χ0n) is 10.2. The molecule has 0 radical (unpaired) electrons. The molecule has 0 aliphatic rings. The van der Waals surface area contributed by atoms with Crippen LogP contribution in [-0.2, 0) is 11.3 Å². The summed E-state index contributed by atoms with van der Waals surface area (Å²) in [7, 11) is 0. The van der Waals surface area contributed by atoms with Crippen LogP contribution in [0, 0.1) is 11.6 Å². The van der Waals surface area contributed by atoms with E-state index in [4.69, 9.17) is 22.1 Å². The number of carbonyl (C=O) groups is 1. The molecule has 20 heavy (non-hydrogen) atoms. The van der Waals surface area contributed by atoms with Gasteiger partial charge in [-0.2, -0.15) is 0 Å². The lowest BCUT2D eigenvalue weighted by atomic mass is 10.2. The number of hydrogen-bond acceptors (Lipinski definition) is 3. The average Bonchev–Trinajstić information content (AvgIpc) is 2.37. The highest BCUT2D eigenvalue weighted by atomic mass is 35.5. The molecule has 0 aliphatic carbocycles. The Morgan fingerprint density at radius 3 is 2.45 bits per heavy atom. The topological polar surface area (TPSA) is 52.3 Å². The monoisotopic (exact) mass is 297 g/mol. The Morgan fingerprint density at radius 1 is 1.15 bits per heavy atom. The maximum Gasteiger partial charge on any atom is 0.340 e. The highest BCUT2D eigenvalue weighted by Crippen LogP contribution is 2.20. The van der Waals surface area contributed by atoms with E-state index in [2.05, 4.69) is 0 Å². The van der Waals surface area contributed by atoms with Gasteiger partial charge in [0.05, 0.1) is 10.6 Å². The smallest absolute Gasteiger partial charge is 0.340 e. The fourth-order valence-electron chi connectivity index (χ4n) is 1.58. The SMILES string of the molecule is Nc1cc(F)ccc1C(=O)OCc1ccc(F)cc1Cl. The minimum atomic E-state index is -0.706. The van der Waals surface area contributed by atoms with Crippen LogP contribution >= 0.6 is 11.6 Å². The first-order chi connectivity index (χ1) is 9.47. The molecule has 0 fully saturated rings. The molecule has 0 atom stereocenters. The normalized spacial score (nSPS) is 10.3. The molecule has 0 aromatic heterocycles. The number of anilines is 1. The fraction of sp³-hybridized carbons (Fsp3) is 0.0714. The predicted octanol–water partition coefficient (Wildman–Crippen LogP) is 3.56. The van der Waals surface area contributed by atoms with Crippen LogP contribution < -0.4 is 5.73 Å². The van der Waals surface area contributed by atoms with E-state index in [1.165, 1.54) is 18.2 Å². The van der Waals surface area contributed by atoms with E-state index in [1.54, 1.807) is 0 Å². The van der Waals surface area contributed by atoms with Gasteiger partial charge in [-0.15, -0.1) is 0 Å². The third-order valence-corrected chi connectivity index (χ3v) is 2.96. The van der Waals surface area contributed by atoms with Crippen LogP contribution in [0.3, 0.4) is 0 Å². The summed E-state index contributed by atoms with van der Waals surface area (Å²) < 4.78 is 30.7. The van der Waals surface area contributed by atoms with Crippen LogP contribution in [0.15, 0.2) is 36.4 Å². The molecule has 0 amide bonds. The first kappa shape index (κ1) is 14.3. The molecule has 0 saturated carbocycles. The van der Waals surface area contributed by atoms with E-state index in [1.807, 2.05) is 0 Å². The highest BCUT2D eigenvalue weighted by Gasteiger charge is 2.13. The van der Waals surface area contributed by atoms with Crippen molar-refractivity contribution in [3.63, 3.8) is 0 Å². The van der Waals surface area contributed by atoms with E-state index in [9.17, 15) is 13.6 Å². The van der Waals surface area contributed by atoms with Gasteiger partial charge in [0.25, 0.3) is 0 Å². The van der Waals surface area contributed by atoms with E-state index in [-0.39, 0.29) is 22.9 Å². The van der Waals surface area contributed by atoms with Crippen LogP contribution in [0.2, 0.25) is 5.02 Å². The quantitative estimate of drug-likeness (QED) is 0.696. The molecule has 6 heteroatoms. The summed E-state index contributed by atoms with van der Waals surface area (Å²) in [5, 5.41) is 0.157. The molecule has 2 aromatic carbocycles. The summed E-state index contributed by atoms with van der Waals surface area (Å²) in [4.78, 5) is 11.8. The largest absolute Gasteiger partial charge is 0.457 e. The number of halogens is 3. The van der Waals surface area contributed by atoms with Gasteiger partial charge in [0.15, 0.2) is 0 Å². The second kappa shape index (κ2) is 5.88. The Hall–Kier alpha value is -2.14. The molecule has 2 aromatic rings. The Labute approximate surface area is 118 Å². The zero-order valence-corrected chi connectivity index (χ0v) is 11.0. The van der Waals surface area contributed by atoms with Gasteiger partial charge >= 0.3 is 5.97 Å². The first-order valence-electron chi connectivity index (χ1n) is 5.63. The van der Waals surface area contributed by atoms with Gasteiger partial charge < -0.3 is 10.5 Å². The van der Waals surface area contributed by atoms with E-state index in [0.717, 1.165) is 18.2 Å². The van der Waals surface area contributed by atoms with Crippen LogP contribution in [-0.4, -0.2) is 5.97 Å². The van der Waals surface area contributed by atoms with Crippen molar-refractivity contribution in [3.8, 4) is 0 Å². The van der Waals surface area contributed by atoms with Crippen LogP contribution in [0.25, 0.3) is 0 Å². The summed E-state index contributed by atoms with van der Waals surface area (Å²) in [6.45, 7) is -0.130. The zero-order chi connectivity index (χ0) is 14.7. The number of hydrogen-bond donors (Lipinski definition) is 1. The number of esters is 1. The molecule has 0 unspecified atom stereocenters. The molecule has 2 rings (SSSR count). The van der Waals surface area contributed by atoms with Crippen molar-refractivity contribution in [2.24, 2.45) is 0 Å². The van der Waals surface area contributed by atoms with Crippen molar-refractivity contribution in [2.45, 2.75) is 6.61 Å². The third kappa shape index (κ3) is 3.24. The van der Waals surface area contributed by atoms with Crippen LogP contribution in [0.5, 0.6) is 0 Å². The number of ether oxygens (including phenoxy) is 1. The number of rotatable bonds is 3. The van der Waals surface area contributed by atoms with Gasteiger partial charge in [-0.3, -0.25) is 0 Å². The predicted molar refractivity (Wildman–Crippen MR) is 71.3 cm³/mol. The molecular weight excluding hydrogens is 288 g/mol. The molecule has 2 N–H and O–H groups in total. The summed E-state index contributed by atoms with van der Waals surface area (Å²) in [5.41, 5.74) is 6.03.